The van der Waals surface area contributed by atoms with Gasteiger partial charge < -0.3 is 14.3 Å². The Balaban J connectivity index is 0.000001000. The first-order chi connectivity index (χ1) is 4.61. The Labute approximate surface area is 88.5 Å². The number of hydrogen-bond donors (Lipinski definition) is 1. The quantitative estimate of drug-likeness (QED) is 0.594. The van der Waals surface area contributed by atoms with E-state index < -0.39 is 11.2 Å². The van der Waals surface area contributed by atoms with Crippen LogP contribution in [0.5, 0.6) is 0 Å². The number of aromatic amines is 1. The maximum absolute atomic E-state index is 10.7. The van der Waals surface area contributed by atoms with Crippen molar-refractivity contribution >= 4 is 0 Å². The third kappa shape index (κ3) is 2.31. The van der Waals surface area contributed by atoms with Crippen LogP contribution < -0.4 is 11.2 Å². The van der Waals surface area contributed by atoms with Crippen molar-refractivity contribution in [3.05, 3.63) is 39.5 Å². The maximum atomic E-state index is 10.7. The Kier molecular flexibility index (Phi) is 3.76. The van der Waals surface area contributed by atoms with Crippen molar-refractivity contribution in [1.82, 2.24) is 9.55 Å². The Hall–Kier alpha value is -0.346. The second kappa shape index (κ2) is 3.88. The molecular weight excluding hydrogens is 221 g/mol. The van der Waals surface area contributed by atoms with Crippen molar-refractivity contribution in [3.8, 4) is 0 Å². The molecule has 0 fully saturated rings. The van der Waals surface area contributed by atoms with Gasteiger partial charge >= 0.3 is 5.69 Å². The molecule has 0 spiro atoms. The fraction of sp³-hybridized carbons (Fsp3) is 0.167. The molecule has 5 heteroatoms. The van der Waals surface area contributed by atoms with E-state index >= 15 is 0 Å². The zero-order valence-corrected chi connectivity index (χ0v) is 8.96. The summed E-state index contributed by atoms with van der Waals surface area (Å²) in [6, 6.07) is 0. The summed E-state index contributed by atoms with van der Waals surface area (Å²) in [4.78, 5) is 23.4. The van der Waals surface area contributed by atoms with E-state index in [4.69, 9.17) is 0 Å². The summed E-state index contributed by atoms with van der Waals surface area (Å²) in [5.74, 6) is 0. The predicted octanol–water partition coefficient (Wildman–Crippen LogP) is -0.747. The molecule has 0 unspecified atom stereocenters. The third-order valence-corrected chi connectivity index (χ3v) is 1.18. The van der Waals surface area contributed by atoms with Gasteiger partial charge in [-0.2, -0.15) is 6.92 Å². The molecule has 0 aliphatic carbocycles. The van der Waals surface area contributed by atoms with Crippen LogP contribution in [-0.4, -0.2) is 9.55 Å². The second-order valence-corrected chi connectivity index (χ2v) is 2.02. The van der Waals surface area contributed by atoms with Crippen LogP contribution in [0.15, 0.2) is 15.8 Å². The molecule has 4 nitrogen and oxygen atoms in total. The van der Waals surface area contributed by atoms with Gasteiger partial charge in [-0.05, 0) is 0 Å². The van der Waals surface area contributed by atoms with Crippen LogP contribution >= 0.6 is 0 Å². The minimum absolute atomic E-state index is 0. The van der Waals surface area contributed by atoms with Crippen molar-refractivity contribution in [2.45, 2.75) is 0 Å². The summed E-state index contributed by atoms with van der Waals surface area (Å²) in [5, 5.41) is 0. The van der Waals surface area contributed by atoms with E-state index in [0.29, 0.717) is 5.56 Å². The first-order valence-corrected chi connectivity index (χ1v) is 2.73. The topological polar surface area (TPSA) is 54.9 Å². The van der Waals surface area contributed by atoms with Crippen molar-refractivity contribution in [1.29, 1.82) is 0 Å². The van der Waals surface area contributed by atoms with Crippen LogP contribution in [0.1, 0.15) is 5.56 Å². The van der Waals surface area contributed by atoms with Gasteiger partial charge in [0.2, 0.25) is 0 Å². The normalized spacial score (nSPS) is 8.82. The molecule has 1 rings (SSSR count). The molecule has 1 N–H and O–H groups in total. The van der Waals surface area contributed by atoms with Crippen LogP contribution in [0.4, 0.5) is 0 Å². The fourth-order valence-electron chi connectivity index (χ4n) is 0.617. The molecule has 0 atom stereocenters. The van der Waals surface area contributed by atoms with Crippen LogP contribution in [0, 0.1) is 6.92 Å². The van der Waals surface area contributed by atoms with Gasteiger partial charge in [0, 0.05) is 39.8 Å². The van der Waals surface area contributed by atoms with Gasteiger partial charge in [0.05, 0.1) is 0 Å². The van der Waals surface area contributed by atoms with Gasteiger partial charge in [0.15, 0.2) is 0 Å². The number of H-pyrrole nitrogens is 1. The van der Waals surface area contributed by atoms with Gasteiger partial charge in [-0.15, -0.1) is 5.56 Å². The molecule has 1 radical (unpaired) electrons. The van der Waals surface area contributed by atoms with Gasteiger partial charge in [0.25, 0.3) is 0 Å². The minimum atomic E-state index is -0.428. The van der Waals surface area contributed by atoms with Crippen LogP contribution in [0.25, 0.3) is 0 Å². The molecule has 11 heavy (non-hydrogen) atoms. The standard InChI is InChI=1S/C6H7N2O2.Y/c1-4-3-8(2)6(10)7-5(4)9;/h3H,1H2,2H3,(H,7,9,10);/q-1;. The number of nitrogens with zero attached hydrogens (tertiary/aromatic N) is 1. The summed E-state index contributed by atoms with van der Waals surface area (Å²) in [5.41, 5.74) is -0.553. The van der Waals surface area contributed by atoms with E-state index in [2.05, 4.69) is 11.9 Å². The number of nitrogens with one attached hydrogen (secondary N) is 1. The van der Waals surface area contributed by atoms with Crippen LogP contribution in [-0.2, 0) is 39.8 Å². The van der Waals surface area contributed by atoms with Gasteiger partial charge in [0.1, 0.15) is 5.56 Å². The Morgan fingerprint density at radius 2 is 2.09 bits per heavy atom. The van der Waals surface area contributed by atoms with E-state index in [1.165, 1.54) is 10.8 Å². The molecule has 0 aliphatic heterocycles. The van der Waals surface area contributed by atoms with Gasteiger partial charge in [-0.25, -0.2) is 0 Å². The number of rotatable bonds is 0. The summed E-state index contributed by atoms with van der Waals surface area (Å²) in [6.45, 7) is 3.42. The predicted molar refractivity (Wildman–Crippen MR) is 36.8 cm³/mol. The number of hydrogen-bond acceptors (Lipinski definition) is 2. The first kappa shape index (κ1) is 10.7. The summed E-state index contributed by atoms with van der Waals surface area (Å²) in [6.07, 6.45) is 1.39. The van der Waals surface area contributed by atoms with E-state index in [-0.39, 0.29) is 32.7 Å². The zero-order valence-electron chi connectivity index (χ0n) is 6.13. The summed E-state index contributed by atoms with van der Waals surface area (Å²) >= 11 is 0. The Morgan fingerprint density at radius 3 is 2.55 bits per heavy atom. The molecule has 1 aromatic heterocycles. The number of aromatic nitrogens is 2. The van der Waals surface area contributed by atoms with Crippen LogP contribution in [0.3, 0.4) is 0 Å². The molecule has 1 aromatic rings. The van der Waals surface area contributed by atoms with Gasteiger partial charge in [-0.1, -0.05) is 6.20 Å². The van der Waals surface area contributed by atoms with E-state index in [1.807, 2.05) is 0 Å². The van der Waals surface area contributed by atoms with Gasteiger partial charge in [-0.3, -0.25) is 4.79 Å². The Bertz CT molecular complexity index is 321. The fourth-order valence-corrected chi connectivity index (χ4v) is 0.617. The minimum Gasteiger partial charge on any atom is -0.357 e. The maximum Gasteiger partial charge on any atom is 0.305 e. The largest absolute Gasteiger partial charge is 0.357 e. The zero-order chi connectivity index (χ0) is 7.72. The molecule has 1 heterocycles. The molecule has 0 aliphatic rings. The van der Waals surface area contributed by atoms with Crippen LogP contribution in [0.2, 0.25) is 0 Å². The van der Waals surface area contributed by atoms with E-state index in [1.54, 1.807) is 7.05 Å². The summed E-state index contributed by atoms with van der Waals surface area (Å²) < 4.78 is 1.27. The van der Waals surface area contributed by atoms with Crippen molar-refractivity contribution < 1.29 is 32.7 Å². The Morgan fingerprint density at radius 1 is 1.55 bits per heavy atom. The smallest absolute Gasteiger partial charge is 0.305 e. The second-order valence-electron chi connectivity index (χ2n) is 2.02. The average Bonchev–Trinajstić information content (AvgIpc) is 1.84. The summed E-state index contributed by atoms with van der Waals surface area (Å²) in [7, 11) is 1.55. The molecular formula is C6H7N2O2Y-. The average molecular weight is 228 g/mol. The van der Waals surface area contributed by atoms with Crippen molar-refractivity contribution in [3.63, 3.8) is 0 Å². The molecule has 0 saturated carbocycles. The number of aryl methyl sites for hydroxylation is 1. The third-order valence-electron chi connectivity index (χ3n) is 1.18. The molecule has 0 bridgehead atoms. The van der Waals surface area contributed by atoms with E-state index in [0.717, 1.165) is 0 Å². The molecule has 0 amide bonds. The molecule has 0 saturated heterocycles. The molecule has 0 aromatic carbocycles. The van der Waals surface area contributed by atoms with Crippen molar-refractivity contribution in [2.75, 3.05) is 0 Å². The SMILES string of the molecule is [CH2-]c1cn(C)c(=O)[nH]c1=O.[Y]. The monoisotopic (exact) mass is 228 g/mol. The first-order valence-electron chi connectivity index (χ1n) is 2.73. The molecule has 57 valence electrons. The van der Waals surface area contributed by atoms with Crippen molar-refractivity contribution in [2.24, 2.45) is 7.05 Å². The van der Waals surface area contributed by atoms with E-state index in [9.17, 15) is 9.59 Å².